The third-order valence-corrected chi connectivity index (χ3v) is 6.45. The van der Waals surface area contributed by atoms with E-state index in [0.717, 1.165) is 66.0 Å². The molecule has 2 aromatic carbocycles. The summed E-state index contributed by atoms with van der Waals surface area (Å²) in [5.74, 6) is -0.227. The van der Waals surface area contributed by atoms with Crippen molar-refractivity contribution in [2.45, 2.75) is 64.2 Å². The minimum Gasteiger partial charge on any atom is -0.493 e. The van der Waals surface area contributed by atoms with Gasteiger partial charge >= 0.3 is 5.97 Å². The molecular weight excluding hydrogens is 438 g/mol. The summed E-state index contributed by atoms with van der Waals surface area (Å²) < 4.78 is 6.07. The lowest BCUT2D eigenvalue weighted by Gasteiger charge is -2.11. The molecular formula is C26H31NO5S. The average Bonchev–Trinajstić information content (AvgIpc) is 3.12. The first-order valence-corrected chi connectivity index (χ1v) is 12.5. The van der Waals surface area contributed by atoms with E-state index in [4.69, 9.17) is 9.84 Å². The molecule has 1 heterocycles. The summed E-state index contributed by atoms with van der Waals surface area (Å²) in [5.41, 5.74) is 0.883. The number of carboxylic acid groups (broad SMARTS) is 1. The monoisotopic (exact) mass is 469 g/mol. The zero-order chi connectivity index (χ0) is 23.5. The topological polar surface area (TPSA) is 92.7 Å². The number of nitrogens with one attached hydrogen (secondary N) is 1. The molecule has 2 N–H and O–H groups in total. The van der Waals surface area contributed by atoms with Crippen LogP contribution in [0.4, 0.5) is 4.79 Å². The zero-order valence-electron chi connectivity index (χ0n) is 18.8. The summed E-state index contributed by atoms with van der Waals surface area (Å²) in [6.45, 7) is 0.659. The van der Waals surface area contributed by atoms with Gasteiger partial charge in [0, 0.05) is 11.8 Å². The highest BCUT2D eigenvalue weighted by Crippen LogP contribution is 2.32. The lowest BCUT2D eigenvalue weighted by Crippen LogP contribution is -2.17. The Bertz CT molecular complexity index is 1020. The normalized spacial score (nSPS) is 14.7. The number of imide groups is 1. The SMILES string of the molecule is O=C(O)CCCCCCCCCCCOc1ccc(/C=C2\SC(=O)NC2=O)c2ccccc12. The van der Waals surface area contributed by atoms with Crippen molar-refractivity contribution in [1.82, 2.24) is 5.32 Å². The Morgan fingerprint density at radius 3 is 2.15 bits per heavy atom. The van der Waals surface area contributed by atoms with Crippen molar-refractivity contribution in [2.24, 2.45) is 0 Å². The molecule has 1 fully saturated rings. The van der Waals surface area contributed by atoms with E-state index in [9.17, 15) is 14.4 Å². The second-order valence-electron chi connectivity index (χ2n) is 8.22. The van der Waals surface area contributed by atoms with Gasteiger partial charge in [-0.25, -0.2) is 0 Å². The Hall–Kier alpha value is -2.80. The fourth-order valence-corrected chi connectivity index (χ4v) is 4.58. The summed E-state index contributed by atoms with van der Waals surface area (Å²) in [5, 5.41) is 12.5. The van der Waals surface area contributed by atoms with Gasteiger partial charge < -0.3 is 9.84 Å². The van der Waals surface area contributed by atoms with Crippen LogP contribution in [0.3, 0.4) is 0 Å². The van der Waals surface area contributed by atoms with Crippen LogP contribution in [0, 0.1) is 0 Å². The van der Waals surface area contributed by atoms with E-state index in [0.29, 0.717) is 11.5 Å². The molecule has 3 rings (SSSR count). The number of carbonyl (C=O) groups excluding carboxylic acids is 2. The van der Waals surface area contributed by atoms with E-state index in [1.807, 2.05) is 36.4 Å². The van der Waals surface area contributed by atoms with Gasteiger partial charge in [-0.3, -0.25) is 19.7 Å². The number of thioether (sulfide) groups is 1. The first kappa shape index (κ1) is 24.8. The van der Waals surface area contributed by atoms with E-state index in [2.05, 4.69) is 5.32 Å². The van der Waals surface area contributed by atoms with Crippen LogP contribution < -0.4 is 10.1 Å². The molecule has 2 amide bonds. The summed E-state index contributed by atoms with van der Waals surface area (Å²) in [7, 11) is 0. The summed E-state index contributed by atoms with van der Waals surface area (Å²) in [4.78, 5) is 34.2. The molecule has 0 saturated carbocycles. The highest BCUT2D eigenvalue weighted by molar-refractivity contribution is 8.18. The van der Waals surface area contributed by atoms with Crippen LogP contribution in [0.25, 0.3) is 16.8 Å². The van der Waals surface area contributed by atoms with Crippen molar-refractivity contribution < 1.29 is 24.2 Å². The van der Waals surface area contributed by atoms with Gasteiger partial charge in [0.2, 0.25) is 0 Å². The highest BCUT2D eigenvalue weighted by Gasteiger charge is 2.25. The molecule has 7 heteroatoms. The maximum absolute atomic E-state index is 11.9. The zero-order valence-corrected chi connectivity index (χ0v) is 19.6. The van der Waals surface area contributed by atoms with Crippen molar-refractivity contribution >= 4 is 45.7 Å². The molecule has 1 saturated heterocycles. The fourth-order valence-electron chi connectivity index (χ4n) is 3.91. The summed E-state index contributed by atoms with van der Waals surface area (Å²) in [6, 6.07) is 11.8. The van der Waals surface area contributed by atoms with Gasteiger partial charge in [-0.05, 0) is 47.7 Å². The number of carboxylic acids is 1. The number of rotatable bonds is 14. The smallest absolute Gasteiger partial charge is 0.303 e. The molecule has 0 unspecified atom stereocenters. The van der Waals surface area contributed by atoms with Crippen LogP contribution >= 0.6 is 11.8 Å². The van der Waals surface area contributed by atoms with Crippen LogP contribution in [0.5, 0.6) is 5.75 Å². The Morgan fingerprint density at radius 1 is 0.879 bits per heavy atom. The van der Waals surface area contributed by atoms with Crippen LogP contribution in [0.1, 0.15) is 69.8 Å². The number of ether oxygens (including phenoxy) is 1. The molecule has 0 aromatic heterocycles. The van der Waals surface area contributed by atoms with Gasteiger partial charge in [0.1, 0.15) is 5.75 Å². The van der Waals surface area contributed by atoms with Crippen molar-refractivity contribution in [3.8, 4) is 5.75 Å². The predicted molar refractivity (Wildman–Crippen MR) is 132 cm³/mol. The number of carbonyl (C=O) groups is 3. The highest BCUT2D eigenvalue weighted by atomic mass is 32.2. The average molecular weight is 470 g/mol. The van der Waals surface area contributed by atoms with Gasteiger partial charge in [-0.15, -0.1) is 0 Å². The van der Waals surface area contributed by atoms with Crippen LogP contribution in [0.15, 0.2) is 41.3 Å². The number of unbranched alkanes of at least 4 members (excludes halogenated alkanes) is 8. The lowest BCUT2D eigenvalue weighted by atomic mass is 10.0. The van der Waals surface area contributed by atoms with Gasteiger partial charge in [0.05, 0.1) is 11.5 Å². The quantitative estimate of drug-likeness (QED) is 0.241. The number of fused-ring (bicyclic) bond motifs is 1. The molecule has 0 aliphatic carbocycles. The number of benzene rings is 2. The molecule has 176 valence electrons. The van der Waals surface area contributed by atoms with E-state index >= 15 is 0 Å². The summed E-state index contributed by atoms with van der Waals surface area (Å²) in [6.07, 6.45) is 11.9. The molecule has 0 spiro atoms. The molecule has 0 radical (unpaired) electrons. The van der Waals surface area contributed by atoms with E-state index < -0.39 is 5.97 Å². The van der Waals surface area contributed by atoms with Crippen LogP contribution in [-0.2, 0) is 9.59 Å². The predicted octanol–water partition coefficient (Wildman–Crippen LogP) is 6.53. The first-order chi connectivity index (χ1) is 16.0. The fraction of sp³-hybridized carbons (Fsp3) is 0.423. The minimum absolute atomic E-state index is 0.285. The Kier molecular flexibility index (Phi) is 9.81. The molecule has 6 nitrogen and oxygen atoms in total. The minimum atomic E-state index is -0.701. The standard InChI is InChI=1S/C26H31NO5S/c28-24(29)14-8-6-4-2-1-3-5-7-11-17-32-22-16-15-19(20-12-9-10-13-21(20)22)18-23-25(30)27-26(31)33-23/h9-10,12-13,15-16,18H,1-8,11,14,17H2,(H,28,29)(H,27,30,31)/b23-18-. The van der Waals surface area contributed by atoms with E-state index in [1.165, 1.54) is 25.7 Å². The Morgan fingerprint density at radius 2 is 1.52 bits per heavy atom. The van der Waals surface area contributed by atoms with Gasteiger partial charge in [-0.1, -0.05) is 75.3 Å². The summed E-state index contributed by atoms with van der Waals surface area (Å²) >= 11 is 0.921. The number of aliphatic carboxylic acids is 1. The molecule has 1 aliphatic rings. The molecule has 0 bridgehead atoms. The van der Waals surface area contributed by atoms with E-state index in [1.54, 1.807) is 6.08 Å². The van der Waals surface area contributed by atoms with Crippen molar-refractivity contribution in [3.05, 3.63) is 46.9 Å². The van der Waals surface area contributed by atoms with Crippen molar-refractivity contribution in [3.63, 3.8) is 0 Å². The maximum atomic E-state index is 11.9. The number of amides is 2. The number of hydrogen-bond donors (Lipinski definition) is 2. The van der Waals surface area contributed by atoms with Gasteiger partial charge in [-0.2, -0.15) is 0 Å². The maximum Gasteiger partial charge on any atom is 0.303 e. The first-order valence-electron chi connectivity index (χ1n) is 11.7. The van der Waals surface area contributed by atoms with Crippen LogP contribution in [-0.4, -0.2) is 28.8 Å². The van der Waals surface area contributed by atoms with Gasteiger partial charge in [0.15, 0.2) is 0 Å². The third kappa shape index (κ3) is 7.93. The second kappa shape index (κ2) is 13.0. The largest absolute Gasteiger partial charge is 0.493 e. The molecule has 0 atom stereocenters. The van der Waals surface area contributed by atoms with E-state index in [-0.39, 0.29) is 17.6 Å². The molecule has 33 heavy (non-hydrogen) atoms. The Balaban J connectivity index is 1.41. The van der Waals surface area contributed by atoms with Crippen LogP contribution in [0.2, 0.25) is 0 Å². The van der Waals surface area contributed by atoms with Gasteiger partial charge in [0.25, 0.3) is 11.1 Å². The van der Waals surface area contributed by atoms with Crippen molar-refractivity contribution in [2.75, 3.05) is 6.61 Å². The Labute approximate surface area is 198 Å². The van der Waals surface area contributed by atoms with Crippen molar-refractivity contribution in [1.29, 1.82) is 0 Å². The number of hydrogen-bond acceptors (Lipinski definition) is 5. The third-order valence-electron chi connectivity index (χ3n) is 5.64. The lowest BCUT2D eigenvalue weighted by molar-refractivity contribution is -0.137. The molecule has 1 aliphatic heterocycles. The second-order valence-corrected chi connectivity index (χ2v) is 9.24. The molecule has 2 aromatic rings.